The summed E-state index contributed by atoms with van der Waals surface area (Å²) in [6, 6.07) is 0.0642. The summed E-state index contributed by atoms with van der Waals surface area (Å²) in [5, 5.41) is 4.10. The van der Waals surface area contributed by atoms with Crippen molar-refractivity contribution in [1.29, 1.82) is 0 Å². The molecule has 2 heterocycles. The number of aryl methyl sites for hydroxylation is 1. The Morgan fingerprint density at radius 1 is 1.37 bits per heavy atom. The molecular weight excluding hydrogens is 274 g/mol. The molecule has 0 spiro atoms. The number of carbonyl (C=O) groups excluding carboxylic acids is 1. The quantitative estimate of drug-likeness (QED) is 0.722. The van der Waals surface area contributed by atoms with E-state index in [0.29, 0.717) is 5.82 Å². The average Bonchev–Trinajstić information content (AvgIpc) is 2.70. The molecule has 0 aliphatic carbocycles. The third kappa shape index (κ3) is 2.79. The molecule has 1 unspecified atom stereocenters. The number of nitrogens with zero attached hydrogens (tertiary/aromatic N) is 4. The number of primary sulfonamides is 1. The Morgan fingerprint density at radius 2 is 2.05 bits per heavy atom. The highest BCUT2D eigenvalue weighted by atomic mass is 32.2. The van der Waals surface area contributed by atoms with Gasteiger partial charge in [0.25, 0.3) is 0 Å². The van der Waals surface area contributed by atoms with Crippen LogP contribution in [-0.4, -0.2) is 48.2 Å². The molecule has 0 radical (unpaired) electrons. The van der Waals surface area contributed by atoms with E-state index in [0.717, 1.165) is 0 Å². The molecule has 1 amide bonds. The lowest BCUT2D eigenvalue weighted by Crippen LogP contribution is -2.33. The van der Waals surface area contributed by atoms with Crippen LogP contribution in [0.5, 0.6) is 6.01 Å². The summed E-state index contributed by atoms with van der Waals surface area (Å²) in [5.74, 6) is 0.0425. The summed E-state index contributed by atoms with van der Waals surface area (Å²) < 4.78 is 27.4. The van der Waals surface area contributed by atoms with E-state index in [1.54, 1.807) is 6.92 Å². The van der Waals surface area contributed by atoms with Crippen LogP contribution in [0.3, 0.4) is 0 Å². The van der Waals surface area contributed by atoms with Gasteiger partial charge in [-0.05, 0) is 6.92 Å². The molecule has 9 nitrogen and oxygen atoms in total. The first kappa shape index (κ1) is 13.6. The first-order valence-electron chi connectivity index (χ1n) is 5.40. The van der Waals surface area contributed by atoms with Gasteiger partial charge in [-0.1, -0.05) is 0 Å². The highest BCUT2D eigenvalue weighted by Crippen LogP contribution is 2.22. The number of sulfonamides is 1. The Hall–Kier alpha value is -1.81. The van der Waals surface area contributed by atoms with Crippen molar-refractivity contribution >= 4 is 21.9 Å². The molecule has 10 heteroatoms. The topological polar surface area (TPSA) is 128 Å². The van der Waals surface area contributed by atoms with Gasteiger partial charge in [0, 0.05) is 13.0 Å². The number of ether oxygens (including phenoxy) is 1. The van der Waals surface area contributed by atoms with Gasteiger partial charge in [-0.3, -0.25) is 9.69 Å². The van der Waals surface area contributed by atoms with Crippen LogP contribution in [0.15, 0.2) is 0 Å². The van der Waals surface area contributed by atoms with Gasteiger partial charge < -0.3 is 4.74 Å². The summed E-state index contributed by atoms with van der Waals surface area (Å²) >= 11 is 0. The largest absolute Gasteiger partial charge is 0.467 e. The Balaban J connectivity index is 2.33. The lowest BCUT2D eigenvalue weighted by atomic mass is 10.4. The van der Waals surface area contributed by atoms with E-state index < -0.39 is 21.2 Å². The molecule has 104 valence electrons. The molecule has 19 heavy (non-hydrogen) atoms. The van der Waals surface area contributed by atoms with Crippen LogP contribution in [0.2, 0.25) is 0 Å². The molecule has 1 aliphatic rings. The Labute approximate surface area is 109 Å². The van der Waals surface area contributed by atoms with Gasteiger partial charge in [0.1, 0.15) is 11.1 Å². The van der Waals surface area contributed by atoms with Gasteiger partial charge in [-0.2, -0.15) is 15.0 Å². The van der Waals surface area contributed by atoms with Gasteiger partial charge in [0.15, 0.2) is 0 Å². The van der Waals surface area contributed by atoms with Crippen LogP contribution >= 0.6 is 0 Å². The maximum absolute atomic E-state index is 11.8. The highest BCUT2D eigenvalue weighted by Gasteiger charge is 2.38. The monoisotopic (exact) mass is 287 g/mol. The smallest absolute Gasteiger partial charge is 0.321 e. The van der Waals surface area contributed by atoms with E-state index in [-0.39, 0.29) is 24.9 Å². The molecule has 1 aromatic heterocycles. The van der Waals surface area contributed by atoms with Crippen LogP contribution in [0.4, 0.5) is 5.95 Å². The third-order valence-electron chi connectivity index (χ3n) is 2.69. The second-order valence-corrected chi connectivity index (χ2v) is 5.93. The lowest BCUT2D eigenvalue weighted by Gasteiger charge is -2.14. The fourth-order valence-electron chi connectivity index (χ4n) is 1.74. The predicted octanol–water partition coefficient (Wildman–Crippen LogP) is -1.42. The second kappa shape index (κ2) is 4.70. The van der Waals surface area contributed by atoms with Gasteiger partial charge in [-0.25, -0.2) is 13.6 Å². The highest BCUT2D eigenvalue weighted by molar-refractivity contribution is 7.89. The number of hydrogen-bond donors (Lipinski definition) is 1. The summed E-state index contributed by atoms with van der Waals surface area (Å²) in [7, 11) is -2.38. The molecule has 1 saturated heterocycles. The molecule has 2 N–H and O–H groups in total. The van der Waals surface area contributed by atoms with Gasteiger partial charge in [0.05, 0.1) is 7.11 Å². The SMILES string of the molecule is COc1nc(C)nc(N2CC(S(N)(=O)=O)CC2=O)n1. The first-order chi connectivity index (χ1) is 8.81. The zero-order chi connectivity index (χ0) is 14.2. The zero-order valence-electron chi connectivity index (χ0n) is 10.4. The maximum Gasteiger partial charge on any atom is 0.321 e. The van der Waals surface area contributed by atoms with E-state index in [1.165, 1.54) is 12.0 Å². The standard InChI is InChI=1S/C9H13N5O4S/c1-5-11-8(13-9(12-5)18-2)14-4-6(3-7(14)15)19(10,16)17/h6H,3-4H2,1-2H3,(H2,10,16,17). The molecule has 1 aromatic rings. The van der Waals surface area contributed by atoms with Crippen molar-refractivity contribution in [1.82, 2.24) is 15.0 Å². The van der Waals surface area contributed by atoms with Crippen molar-refractivity contribution in [3.05, 3.63) is 5.82 Å². The van der Waals surface area contributed by atoms with Gasteiger partial charge >= 0.3 is 6.01 Å². The van der Waals surface area contributed by atoms with E-state index >= 15 is 0 Å². The molecule has 1 aliphatic heterocycles. The molecule has 2 rings (SSSR count). The second-order valence-electron chi connectivity index (χ2n) is 4.09. The number of hydrogen-bond acceptors (Lipinski definition) is 7. The molecule has 1 atom stereocenters. The fraction of sp³-hybridized carbons (Fsp3) is 0.556. The van der Waals surface area contributed by atoms with Crippen LogP contribution in [0, 0.1) is 6.92 Å². The predicted molar refractivity (Wildman–Crippen MR) is 65.0 cm³/mol. The van der Waals surface area contributed by atoms with Crippen molar-refractivity contribution in [2.45, 2.75) is 18.6 Å². The van der Waals surface area contributed by atoms with Crippen LogP contribution in [-0.2, 0) is 14.8 Å². The number of rotatable bonds is 3. The minimum absolute atomic E-state index is 0.0642. The maximum atomic E-state index is 11.8. The van der Waals surface area contributed by atoms with E-state index in [4.69, 9.17) is 9.88 Å². The molecule has 0 bridgehead atoms. The number of aromatic nitrogens is 3. The molecule has 0 aromatic carbocycles. The van der Waals surface area contributed by atoms with Crippen LogP contribution in [0.25, 0.3) is 0 Å². The van der Waals surface area contributed by atoms with Crippen LogP contribution < -0.4 is 14.8 Å². The zero-order valence-corrected chi connectivity index (χ0v) is 11.2. The minimum atomic E-state index is -3.77. The van der Waals surface area contributed by atoms with E-state index in [2.05, 4.69) is 15.0 Å². The van der Waals surface area contributed by atoms with Crippen molar-refractivity contribution in [3.63, 3.8) is 0 Å². The molecule has 0 saturated carbocycles. The van der Waals surface area contributed by atoms with E-state index in [1.807, 2.05) is 0 Å². The molecule has 1 fully saturated rings. The number of nitrogens with two attached hydrogens (primary N) is 1. The molecular formula is C9H13N5O4S. The van der Waals surface area contributed by atoms with Crippen molar-refractivity contribution in [2.24, 2.45) is 5.14 Å². The fourth-order valence-corrected chi connectivity index (χ4v) is 2.48. The summed E-state index contributed by atoms with van der Waals surface area (Å²) in [6.45, 7) is 1.55. The normalized spacial score (nSPS) is 19.8. The minimum Gasteiger partial charge on any atom is -0.467 e. The third-order valence-corrected chi connectivity index (χ3v) is 3.94. The summed E-state index contributed by atoms with van der Waals surface area (Å²) in [5.41, 5.74) is 0. The number of methoxy groups -OCH3 is 1. The van der Waals surface area contributed by atoms with Crippen LogP contribution in [0.1, 0.15) is 12.2 Å². The average molecular weight is 287 g/mol. The van der Waals surface area contributed by atoms with Crippen molar-refractivity contribution in [3.8, 4) is 6.01 Å². The number of carbonyl (C=O) groups is 1. The Bertz CT molecular complexity index is 617. The van der Waals surface area contributed by atoms with Crippen molar-refractivity contribution in [2.75, 3.05) is 18.6 Å². The lowest BCUT2D eigenvalue weighted by molar-refractivity contribution is -0.117. The number of amides is 1. The van der Waals surface area contributed by atoms with Crippen molar-refractivity contribution < 1.29 is 17.9 Å². The Kier molecular flexibility index (Phi) is 3.37. The first-order valence-corrected chi connectivity index (χ1v) is 7.01. The van der Waals surface area contributed by atoms with E-state index in [9.17, 15) is 13.2 Å². The van der Waals surface area contributed by atoms with Gasteiger partial charge in [0.2, 0.25) is 21.9 Å². The summed E-state index contributed by atoms with van der Waals surface area (Å²) in [6.07, 6.45) is -0.175. The summed E-state index contributed by atoms with van der Waals surface area (Å²) in [4.78, 5) is 24.8. The Morgan fingerprint density at radius 3 is 2.58 bits per heavy atom. The van der Waals surface area contributed by atoms with Gasteiger partial charge in [-0.15, -0.1) is 0 Å². The number of anilines is 1.